The average Bonchev–Trinajstić information content (AvgIpc) is 2.55. The average molecular weight is 375 g/mol. The minimum atomic E-state index is -3.79. The number of benzene rings is 2. The van der Waals surface area contributed by atoms with Gasteiger partial charge in [-0.05, 0) is 48.9 Å². The van der Waals surface area contributed by atoms with Crippen molar-refractivity contribution in [1.82, 2.24) is 10.2 Å². The van der Waals surface area contributed by atoms with Crippen molar-refractivity contribution in [3.05, 3.63) is 65.2 Å². The second kappa shape index (κ2) is 6.79. The summed E-state index contributed by atoms with van der Waals surface area (Å²) in [5.74, 6) is 0.546. The highest BCUT2D eigenvalue weighted by Gasteiger charge is 2.13. The highest BCUT2D eigenvalue weighted by molar-refractivity contribution is 7.89. The van der Waals surface area contributed by atoms with Crippen LogP contribution in [0.4, 0.5) is 11.5 Å². The van der Waals surface area contributed by atoms with Gasteiger partial charge >= 0.3 is 0 Å². The van der Waals surface area contributed by atoms with Crippen LogP contribution in [0.1, 0.15) is 5.56 Å². The van der Waals surface area contributed by atoms with Gasteiger partial charge in [-0.1, -0.05) is 29.8 Å². The topological polar surface area (TPSA) is 98.0 Å². The van der Waals surface area contributed by atoms with Gasteiger partial charge in [0.1, 0.15) is 0 Å². The number of hydrogen-bond acceptors (Lipinski definition) is 5. The lowest BCUT2D eigenvalue weighted by Gasteiger charge is -2.08. The Labute approximate surface area is 150 Å². The fourth-order valence-electron chi connectivity index (χ4n) is 2.33. The molecule has 2 aromatic carbocycles. The number of nitrogens with one attached hydrogen (secondary N) is 1. The Morgan fingerprint density at radius 1 is 1.04 bits per heavy atom. The zero-order valence-corrected chi connectivity index (χ0v) is 14.8. The number of nitrogens with zero attached hydrogens (tertiary/aromatic N) is 2. The maximum atomic E-state index is 11.6. The second-order valence-electron chi connectivity index (χ2n) is 5.46. The minimum absolute atomic E-state index is 0.0768. The molecule has 0 spiro atoms. The van der Waals surface area contributed by atoms with E-state index in [4.69, 9.17) is 16.7 Å². The summed E-state index contributed by atoms with van der Waals surface area (Å²) in [5.41, 5.74) is 2.54. The first kappa shape index (κ1) is 17.3. The highest BCUT2D eigenvalue weighted by Crippen LogP contribution is 2.24. The Hall–Kier alpha value is -2.48. The molecule has 3 N–H and O–H groups in total. The Morgan fingerprint density at radius 2 is 1.84 bits per heavy atom. The maximum absolute atomic E-state index is 11.6. The van der Waals surface area contributed by atoms with Crippen molar-refractivity contribution in [1.29, 1.82) is 0 Å². The zero-order valence-electron chi connectivity index (χ0n) is 13.3. The minimum Gasteiger partial charge on any atom is -0.339 e. The van der Waals surface area contributed by atoms with Gasteiger partial charge in [0, 0.05) is 16.3 Å². The summed E-state index contributed by atoms with van der Waals surface area (Å²) in [7, 11) is -3.79. The monoisotopic (exact) mass is 374 g/mol. The maximum Gasteiger partial charge on any atom is 0.238 e. The van der Waals surface area contributed by atoms with Crippen LogP contribution >= 0.6 is 11.6 Å². The molecule has 0 radical (unpaired) electrons. The third-order valence-corrected chi connectivity index (χ3v) is 4.84. The van der Waals surface area contributed by atoms with E-state index < -0.39 is 10.0 Å². The van der Waals surface area contributed by atoms with Crippen molar-refractivity contribution in [3.8, 4) is 11.3 Å². The quantitative estimate of drug-likeness (QED) is 0.728. The van der Waals surface area contributed by atoms with E-state index in [1.165, 1.54) is 6.07 Å². The van der Waals surface area contributed by atoms with Gasteiger partial charge in [-0.15, -0.1) is 10.2 Å². The number of halogens is 1. The van der Waals surface area contributed by atoms with Crippen LogP contribution in [0.5, 0.6) is 0 Å². The van der Waals surface area contributed by atoms with Gasteiger partial charge in [0.15, 0.2) is 5.82 Å². The summed E-state index contributed by atoms with van der Waals surface area (Å²) in [6.45, 7) is 1.69. The van der Waals surface area contributed by atoms with Crippen LogP contribution in [0.3, 0.4) is 0 Å². The Bertz CT molecular complexity index is 1020. The molecular formula is C17H15ClN4O2S. The van der Waals surface area contributed by atoms with E-state index in [-0.39, 0.29) is 4.90 Å². The van der Waals surface area contributed by atoms with Crippen molar-refractivity contribution in [2.24, 2.45) is 5.14 Å². The SMILES string of the molecule is Cc1ccc(-c2ccc(Nc3cccc(Cl)c3)nn2)cc1S(N)(=O)=O. The molecule has 25 heavy (non-hydrogen) atoms. The number of sulfonamides is 1. The second-order valence-corrected chi connectivity index (χ2v) is 7.43. The Kier molecular flexibility index (Phi) is 4.71. The normalized spacial score (nSPS) is 11.3. The van der Waals surface area contributed by atoms with E-state index in [1.54, 1.807) is 43.3 Å². The molecule has 0 saturated carbocycles. The van der Waals surface area contributed by atoms with E-state index >= 15 is 0 Å². The zero-order chi connectivity index (χ0) is 18.0. The van der Waals surface area contributed by atoms with Crippen molar-refractivity contribution in [2.45, 2.75) is 11.8 Å². The standard InChI is InChI=1S/C17H15ClN4O2S/c1-11-5-6-12(9-16(11)25(19,23)24)15-7-8-17(22-21-15)20-14-4-2-3-13(18)10-14/h2-10H,1H3,(H,20,22)(H2,19,23,24). The predicted molar refractivity (Wildman–Crippen MR) is 98.3 cm³/mol. The number of aromatic nitrogens is 2. The molecule has 0 aliphatic heterocycles. The number of hydrogen-bond donors (Lipinski definition) is 2. The Morgan fingerprint density at radius 3 is 2.48 bits per heavy atom. The fourth-order valence-corrected chi connectivity index (χ4v) is 3.33. The molecule has 0 bridgehead atoms. The first-order chi connectivity index (χ1) is 11.8. The molecule has 3 aromatic rings. The van der Waals surface area contributed by atoms with Crippen LogP contribution in [-0.4, -0.2) is 18.6 Å². The van der Waals surface area contributed by atoms with E-state index in [0.29, 0.717) is 27.7 Å². The van der Waals surface area contributed by atoms with Gasteiger partial charge in [0.2, 0.25) is 10.0 Å². The van der Waals surface area contributed by atoms with E-state index in [1.807, 2.05) is 12.1 Å². The number of rotatable bonds is 4. The van der Waals surface area contributed by atoms with Crippen molar-refractivity contribution < 1.29 is 8.42 Å². The van der Waals surface area contributed by atoms with Crippen LogP contribution in [-0.2, 0) is 10.0 Å². The van der Waals surface area contributed by atoms with E-state index in [9.17, 15) is 8.42 Å². The number of nitrogens with two attached hydrogens (primary N) is 1. The summed E-state index contributed by atoms with van der Waals surface area (Å²) < 4.78 is 23.3. The van der Waals surface area contributed by atoms with Gasteiger partial charge in [0.05, 0.1) is 10.6 Å². The van der Waals surface area contributed by atoms with Gasteiger partial charge in [0.25, 0.3) is 0 Å². The summed E-state index contributed by atoms with van der Waals surface area (Å²) >= 11 is 5.95. The van der Waals surface area contributed by atoms with Gasteiger partial charge < -0.3 is 5.32 Å². The van der Waals surface area contributed by atoms with Crippen LogP contribution < -0.4 is 10.5 Å². The lowest BCUT2D eigenvalue weighted by Crippen LogP contribution is -2.13. The van der Waals surface area contributed by atoms with Gasteiger partial charge in [-0.2, -0.15) is 0 Å². The van der Waals surface area contributed by atoms with Gasteiger partial charge in [-0.3, -0.25) is 0 Å². The van der Waals surface area contributed by atoms with Gasteiger partial charge in [-0.25, -0.2) is 13.6 Å². The lowest BCUT2D eigenvalue weighted by molar-refractivity contribution is 0.597. The molecule has 6 nitrogen and oxygen atoms in total. The molecule has 0 atom stereocenters. The molecule has 8 heteroatoms. The third-order valence-electron chi connectivity index (χ3n) is 3.55. The van der Waals surface area contributed by atoms with Crippen LogP contribution in [0, 0.1) is 6.92 Å². The smallest absolute Gasteiger partial charge is 0.238 e. The van der Waals surface area contributed by atoms with Crippen LogP contribution in [0.25, 0.3) is 11.3 Å². The van der Waals surface area contributed by atoms with Crippen molar-refractivity contribution in [2.75, 3.05) is 5.32 Å². The molecular weight excluding hydrogens is 360 g/mol. The fraction of sp³-hybridized carbons (Fsp3) is 0.0588. The number of primary sulfonamides is 1. The molecule has 0 unspecified atom stereocenters. The third kappa shape index (κ3) is 4.14. The first-order valence-corrected chi connectivity index (χ1v) is 9.25. The summed E-state index contributed by atoms with van der Waals surface area (Å²) in [6, 6.07) is 15.7. The van der Waals surface area contributed by atoms with E-state index in [0.717, 1.165) is 5.69 Å². The number of aryl methyl sites for hydroxylation is 1. The van der Waals surface area contributed by atoms with Crippen LogP contribution in [0.15, 0.2) is 59.5 Å². The summed E-state index contributed by atoms with van der Waals surface area (Å²) in [5, 5.41) is 17.2. The van der Waals surface area contributed by atoms with E-state index in [2.05, 4.69) is 15.5 Å². The summed E-state index contributed by atoms with van der Waals surface area (Å²) in [6.07, 6.45) is 0. The first-order valence-electron chi connectivity index (χ1n) is 7.33. The molecule has 3 rings (SSSR count). The molecule has 0 amide bonds. The van der Waals surface area contributed by atoms with Crippen molar-refractivity contribution in [3.63, 3.8) is 0 Å². The van der Waals surface area contributed by atoms with Crippen molar-refractivity contribution >= 4 is 33.1 Å². The predicted octanol–water partition coefficient (Wildman–Crippen LogP) is 3.50. The molecule has 1 heterocycles. The Balaban J connectivity index is 1.88. The molecule has 0 fully saturated rings. The summed E-state index contributed by atoms with van der Waals surface area (Å²) in [4.78, 5) is 0.0768. The number of anilines is 2. The van der Waals surface area contributed by atoms with Crippen LogP contribution in [0.2, 0.25) is 5.02 Å². The largest absolute Gasteiger partial charge is 0.339 e. The molecule has 128 valence electrons. The molecule has 0 aliphatic rings. The molecule has 1 aromatic heterocycles. The highest BCUT2D eigenvalue weighted by atomic mass is 35.5. The molecule has 0 saturated heterocycles. The lowest BCUT2D eigenvalue weighted by atomic mass is 10.1. The molecule has 0 aliphatic carbocycles.